The number of carbonyl (C=O) groups is 1. The maximum absolute atomic E-state index is 13.0. The highest BCUT2D eigenvalue weighted by Gasteiger charge is 2.22. The average molecular weight is 531 g/mol. The summed E-state index contributed by atoms with van der Waals surface area (Å²) in [6.07, 6.45) is 2.05. The number of carbonyl (C=O) groups excluding carboxylic acids is 1. The summed E-state index contributed by atoms with van der Waals surface area (Å²) in [5.74, 6) is 1.07. The van der Waals surface area contributed by atoms with E-state index < -0.39 is 6.03 Å². The smallest absolute Gasteiger partial charge is 0.327 e. The molecule has 3 aromatic rings. The summed E-state index contributed by atoms with van der Waals surface area (Å²) in [4.78, 5) is 25.4. The molecule has 1 aromatic heterocycles. The SMILES string of the molecule is COc1cc(OC)c(Cl)c(NC(=O)N(C)c2cc(Cc3ccc(N4CCNCC4)cc3)ncn2)c1Cl. The molecule has 4 rings (SSSR count). The summed E-state index contributed by atoms with van der Waals surface area (Å²) >= 11 is 12.8. The molecule has 2 heterocycles. The van der Waals surface area contributed by atoms with E-state index in [-0.39, 0.29) is 15.7 Å². The van der Waals surface area contributed by atoms with Crippen molar-refractivity contribution in [1.29, 1.82) is 0 Å². The number of rotatable bonds is 7. The zero-order chi connectivity index (χ0) is 25.7. The lowest BCUT2D eigenvalue weighted by molar-refractivity contribution is 0.258. The molecular formula is C25H28Cl2N6O3. The molecule has 36 heavy (non-hydrogen) atoms. The number of aromatic nitrogens is 2. The zero-order valence-corrected chi connectivity index (χ0v) is 21.9. The standard InChI is InChI=1S/C25H28Cl2N6O3/c1-32(25(34)31-24-22(26)19(35-2)14-20(36-3)23(24)27)21-13-17(29-15-30-21)12-16-4-6-18(7-5-16)33-10-8-28-9-11-33/h4-7,13-15,28H,8-12H2,1-3H3,(H,31,34). The van der Waals surface area contributed by atoms with Crippen LogP contribution in [0.3, 0.4) is 0 Å². The highest BCUT2D eigenvalue weighted by molar-refractivity contribution is 6.41. The predicted molar refractivity (Wildman–Crippen MR) is 143 cm³/mol. The van der Waals surface area contributed by atoms with Crippen LogP contribution in [0.1, 0.15) is 11.3 Å². The Morgan fingerprint density at radius 3 is 2.31 bits per heavy atom. The molecular weight excluding hydrogens is 503 g/mol. The van der Waals surface area contributed by atoms with Crippen LogP contribution >= 0.6 is 23.2 Å². The van der Waals surface area contributed by atoms with Gasteiger partial charge in [0.1, 0.15) is 33.7 Å². The first-order valence-corrected chi connectivity index (χ1v) is 12.2. The van der Waals surface area contributed by atoms with E-state index in [4.69, 9.17) is 32.7 Å². The van der Waals surface area contributed by atoms with E-state index in [9.17, 15) is 4.79 Å². The fourth-order valence-electron chi connectivity index (χ4n) is 3.91. The molecule has 0 radical (unpaired) electrons. The van der Waals surface area contributed by atoms with Crippen LogP contribution in [0, 0.1) is 0 Å². The maximum atomic E-state index is 13.0. The van der Waals surface area contributed by atoms with Gasteiger partial charge in [0.25, 0.3) is 0 Å². The Hall–Kier alpha value is -3.27. The molecule has 1 aliphatic rings. The van der Waals surface area contributed by atoms with Crippen LogP contribution in [-0.2, 0) is 6.42 Å². The Morgan fingerprint density at radius 2 is 1.69 bits per heavy atom. The third-order valence-corrected chi connectivity index (χ3v) is 6.72. The topological polar surface area (TPSA) is 91.9 Å². The van der Waals surface area contributed by atoms with Gasteiger partial charge in [-0.2, -0.15) is 0 Å². The van der Waals surface area contributed by atoms with Crippen LogP contribution in [0.25, 0.3) is 0 Å². The Kier molecular flexibility index (Phi) is 8.35. The van der Waals surface area contributed by atoms with Crippen molar-refractivity contribution in [3.63, 3.8) is 0 Å². The molecule has 0 spiro atoms. The number of benzene rings is 2. The lowest BCUT2D eigenvalue weighted by Crippen LogP contribution is -2.43. The number of anilines is 3. The summed E-state index contributed by atoms with van der Waals surface area (Å²) in [6, 6.07) is 11.3. The van der Waals surface area contributed by atoms with E-state index in [0.717, 1.165) is 37.4 Å². The van der Waals surface area contributed by atoms with Crippen LogP contribution in [0.5, 0.6) is 11.5 Å². The van der Waals surface area contributed by atoms with Crippen LogP contribution in [0.4, 0.5) is 22.0 Å². The van der Waals surface area contributed by atoms with Crippen LogP contribution in [0.15, 0.2) is 42.7 Å². The van der Waals surface area contributed by atoms with Gasteiger partial charge in [-0.05, 0) is 17.7 Å². The number of amides is 2. The van der Waals surface area contributed by atoms with E-state index in [2.05, 4.69) is 49.8 Å². The summed E-state index contributed by atoms with van der Waals surface area (Å²) in [7, 11) is 4.53. The molecule has 0 aliphatic carbocycles. The maximum Gasteiger partial charge on any atom is 0.327 e. The second kappa shape index (κ2) is 11.6. The molecule has 1 aliphatic heterocycles. The Morgan fingerprint density at radius 1 is 1.06 bits per heavy atom. The van der Waals surface area contributed by atoms with Gasteiger partial charge in [-0.15, -0.1) is 0 Å². The van der Waals surface area contributed by atoms with E-state index in [1.54, 1.807) is 19.2 Å². The van der Waals surface area contributed by atoms with Crippen molar-refractivity contribution < 1.29 is 14.3 Å². The minimum absolute atomic E-state index is 0.165. The number of hydrogen-bond acceptors (Lipinski definition) is 7. The van der Waals surface area contributed by atoms with Crippen LogP contribution in [-0.4, -0.2) is 63.4 Å². The molecule has 11 heteroatoms. The molecule has 0 bridgehead atoms. The number of hydrogen-bond donors (Lipinski definition) is 2. The molecule has 2 N–H and O–H groups in total. The fraction of sp³-hybridized carbons (Fsp3) is 0.320. The number of nitrogens with one attached hydrogen (secondary N) is 2. The summed E-state index contributed by atoms with van der Waals surface area (Å²) < 4.78 is 10.5. The second-order valence-corrected chi connectivity index (χ2v) is 8.98. The van der Waals surface area contributed by atoms with E-state index in [1.807, 2.05) is 0 Å². The van der Waals surface area contributed by atoms with Gasteiger partial charge >= 0.3 is 6.03 Å². The predicted octanol–water partition coefficient (Wildman–Crippen LogP) is 4.47. The average Bonchev–Trinajstić information content (AvgIpc) is 2.92. The van der Waals surface area contributed by atoms with Gasteiger partial charge in [0.05, 0.1) is 25.6 Å². The lowest BCUT2D eigenvalue weighted by Gasteiger charge is -2.29. The van der Waals surface area contributed by atoms with Gasteiger partial charge in [-0.1, -0.05) is 35.3 Å². The molecule has 1 saturated heterocycles. The Bertz CT molecular complexity index is 1190. The Labute approximate surface area is 220 Å². The lowest BCUT2D eigenvalue weighted by atomic mass is 10.1. The minimum atomic E-state index is -0.487. The molecule has 1 fully saturated rings. The zero-order valence-electron chi connectivity index (χ0n) is 20.3. The first-order valence-electron chi connectivity index (χ1n) is 11.4. The molecule has 2 amide bonds. The van der Waals surface area contributed by atoms with Crippen LogP contribution < -0.4 is 29.9 Å². The summed E-state index contributed by atoms with van der Waals surface area (Å²) in [5, 5.41) is 6.42. The van der Waals surface area contributed by atoms with Gasteiger partial charge in [0, 0.05) is 57.5 Å². The Balaban J connectivity index is 1.47. The monoisotopic (exact) mass is 530 g/mol. The largest absolute Gasteiger partial charge is 0.495 e. The number of ether oxygens (including phenoxy) is 2. The van der Waals surface area contributed by atoms with Crippen molar-refractivity contribution in [1.82, 2.24) is 15.3 Å². The third kappa shape index (κ3) is 5.75. The molecule has 9 nitrogen and oxygen atoms in total. The fourth-order valence-corrected chi connectivity index (χ4v) is 4.51. The quantitative estimate of drug-likeness (QED) is 0.465. The third-order valence-electron chi connectivity index (χ3n) is 5.97. The minimum Gasteiger partial charge on any atom is -0.495 e. The first-order chi connectivity index (χ1) is 17.4. The number of piperazine rings is 1. The van der Waals surface area contributed by atoms with Crippen molar-refractivity contribution in [2.24, 2.45) is 0 Å². The number of urea groups is 1. The van der Waals surface area contributed by atoms with E-state index in [1.165, 1.54) is 31.1 Å². The van der Waals surface area contributed by atoms with E-state index >= 15 is 0 Å². The second-order valence-electron chi connectivity index (χ2n) is 8.22. The number of halogens is 2. The molecule has 0 saturated carbocycles. The normalized spacial score (nSPS) is 13.3. The number of nitrogens with zero attached hydrogens (tertiary/aromatic N) is 4. The molecule has 0 unspecified atom stereocenters. The van der Waals surface area contributed by atoms with Gasteiger partial charge in [0.2, 0.25) is 0 Å². The van der Waals surface area contributed by atoms with E-state index in [0.29, 0.717) is 23.7 Å². The highest BCUT2D eigenvalue weighted by Crippen LogP contribution is 2.44. The highest BCUT2D eigenvalue weighted by atomic mass is 35.5. The summed E-state index contributed by atoms with van der Waals surface area (Å²) in [5.41, 5.74) is 3.30. The summed E-state index contributed by atoms with van der Waals surface area (Å²) in [6.45, 7) is 4.00. The van der Waals surface area contributed by atoms with Gasteiger partial charge in [0.15, 0.2) is 0 Å². The van der Waals surface area contributed by atoms with Gasteiger partial charge < -0.3 is 25.0 Å². The first kappa shape index (κ1) is 25.8. The molecule has 190 valence electrons. The van der Waals surface area contributed by atoms with Crippen molar-refractivity contribution in [3.8, 4) is 11.5 Å². The van der Waals surface area contributed by atoms with Crippen molar-refractivity contribution in [2.45, 2.75) is 6.42 Å². The molecule has 2 aromatic carbocycles. The van der Waals surface area contributed by atoms with Gasteiger partial charge in [-0.3, -0.25) is 4.90 Å². The molecule has 0 atom stereocenters. The van der Waals surface area contributed by atoms with Crippen molar-refractivity contribution in [3.05, 3.63) is 64.0 Å². The van der Waals surface area contributed by atoms with Gasteiger partial charge in [-0.25, -0.2) is 14.8 Å². The van der Waals surface area contributed by atoms with Crippen molar-refractivity contribution in [2.75, 3.05) is 62.6 Å². The number of methoxy groups -OCH3 is 2. The van der Waals surface area contributed by atoms with Crippen molar-refractivity contribution >= 4 is 46.4 Å². The van der Waals surface area contributed by atoms with Crippen LogP contribution in [0.2, 0.25) is 10.0 Å².